The number of nitro benzene ring substituents is 2. The average molecular weight is 998 g/mol. The molecule has 0 radical (unpaired) electrons. The first-order valence-electron chi connectivity index (χ1n) is 24.4. The molecule has 14 atom stereocenters. The molecule has 14 unspecified atom stereocenters. The molecule has 2 bridgehead atoms. The Morgan fingerprint density at radius 2 is 1.54 bits per heavy atom. The van der Waals surface area contributed by atoms with E-state index < -0.39 is 117 Å². The number of aliphatic hydroxyl groups excluding tert-OH is 1. The molecule has 2 saturated heterocycles. The SMILES string of the molecule is C=CCC1/C=C(\C)CC(C)CC(OC)C2OC(O)(C(=O)C(=O)N3CCCCC3C(=O)OC(C(C)=CC3CCC(OC(=O)c4cc([N+](=O)[O-])cc([N+](=O)[O-])c4)C(OC)C3)C(C)C(O)CC1=O)C(C)CC2OC. The van der Waals surface area contributed by atoms with Gasteiger partial charge in [0.2, 0.25) is 5.79 Å². The highest BCUT2D eigenvalue weighted by Gasteiger charge is 2.56. The number of nitro groups is 2. The summed E-state index contributed by atoms with van der Waals surface area (Å²) in [7, 11) is 4.41. The molecule has 1 aliphatic carbocycles. The van der Waals surface area contributed by atoms with Crippen molar-refractivity contribution in [3.63, 3.8) is 0 Å². The predicted molar refractivity (Wildman–Crippen MR) is 256 cm³/mol. The van der Waals surface area contributed by atoms with Gasteiger partial charge < -0.3 is 43.5 Å². The van der Waals surface area contributed by atoms with Crippen molar-refractivity contribution >= 4 is 40.8 Å². The standard InChI is InChI=1S/C51H71N3O17/c1-10-13-34-19-28(2)18-29(3)20-43(67-8)46-44(68-9)22-31(5)51(61,71-46)47(57)48(58)52-17-12-11-14-38(52)50(60)70-45(32(6)39(55)27-40(34)56)30(4)21-33-15-16-41(42(23-33)66-7)69-49(59)35-24-36(53(62)63)26-37(25-35)54(64)65/h10,19,21,24-26,29,31-34,38-39,41-46,55,61H,1,11-18,20,22-23,27H2,2-9H3/b28-19+,30-21?. The number of non-ortho nitro benzene ring substituents is 2. The minimum absolute atomic E-state index is 0.00459. The molecule has 1 saturated carbocycles. The number of benzene rings is 1. The Kier molecular flexibility index (Phi) is 19.9. The Morgan fingerprint density at radius 1 is 0.901 bits per heavy atom. The van der Waals surface area contributed by atoms with Gasteiger partial charge in [0.15, 0.2) is 0 Å². The third kappa shape index (κ3) is 13.6. The number of amides is 1. The molecule has 3 fully saturated rings. The van der Waals surface area contributed by atoms with E-state index in [9.17, 15) is 54.4 Å². The van der Waals surface area contributed by atoms with Gasteiger partial charge in [0.1, 0.15) is 30.1 Å². The number of cyclic esters (lactones) is 1. The molecule has 2 N–H and O–H groups in total. The van der Waals surface area contributed by atoms with Gasteiger partial charge in [-0.1, -0.05) is 44.6 Å². The fourth-order valence-corrected chi connectivity index (χ4v) is 10.7. The van der Waals surface area contributed by atoms with Crippen LogP contribution < -0.4 is 0 Å². The quantitative estimate of drug-likeness (QED) is 0.0807. The normalized spacial score (nSPS) is 35.0. The van der Waals surface area contributed by atoms with E-state index in [4.69, 9.17) is 28.4 Å². The zero-order valence-corrected chi connectivity index (χ0v) is 42.0. The number of nitrogens with zero attached hydrogens (tertiary/aromatic N) is 3. The zero-order valence-electron chi connectivity index (χ0n) is 42.0. The molecule has 20 nitrogen and oxygen atoms in total. The second kappa shape index (κ2) is 24.9. The summed E-state index contributed by atoms with van der Waals surface area (Å²) in [6.45, 7) is 12.7. The second-order valence-electron chi connectivity index (χ2n) is 19.9. The van der Waals surface area contributed by atoms with Crippen molar-refractivity contribution in [1.82, 2.24) is 4.90 Å². The van der Waals surface area contributed by atoms with Crippen LogP contribution in [0.2, 0.25) is 0 Å². The topological polar surface area (TPSA) is 271 Å². The van der Waals surface area contributed by atoms with Crippen molar-refractivity contribution in [3.05, 3.63) is 79.9 Å². The van der Waals surface area contributed by atoms with Gasteiger partial charge in [-0.25, -0.2) is 9.59 Å². The number of piperidine rings is 1. The van der Waals surface area contributed by atoms with Crippen LogP contribution in [0.1, 0.15) is 116 Å². The maximum absolute atomic E-state index is 14.6. The molecule has 1 aromatic carbocycles. The molecule has 4 aliphatic rings. The van der Waals surface area contributed by atoms with Gasteiger partial charge in [0.25, 0.3) is 23.1 Å². The molecule has 1 amide bonds. The van der Waals surface area contributed by atoms with Crippen LogP contribution in [0.15, 0.2) is 54.2 Å². The lowest BCUT2D eigenvalue weighted by Crippen LogP contribution is -2.64. The van der Waals surface area contributed by atoms with Crippen LogP contribution in [-0.2, 0) is 47.6 Å². The van der Waals surface area contributed by atoms with Crippen LogP contribution in [-0.4, -0.2) is 137 Å². The van der Waals surface area contributed by atoms with Crippen LogP contribution in [0, 0.1) is 49.8 Å². The summed E-state index contributed by atoms with van der Waals surface area (Å²) in [6.07, 6.45) is 2.21. The van der Waals surface area contributed by atoms with E-state index in [1.54, 1.807) is 26.8 Å². The van der Waals surface area contributed by atoms with Crippen molar-refractivity contribution in [2.75, 3.05) is 27.9 Å². The minimum Gasteiger partial charge on any atom is -0.456 e. The first-order chi connectivity index (χ1) is 33.6. The minimum atomic E-state index is -2.59. The Labute approximate surface area is 414 Å². The molecular weight excluding hydrogens is 927 g/mol. The highest BCUT2D eigenvalue weighted by Crippen LogP contribution is 2.40. The molecule has 392 valence electrons. The number of ether oxygens (including phenoxy) is 6. The monoisotopic (exact) mass is 997 g/mol. The fraction of sp³-hybridized carbons (Fsp3) is 0.667. The maximum Gasteiger partial charge on any atom is 0.339 e. The molecule has 1 aromatic rings. The van der Waals surface area contributed by atoms with E-state index in [0.29, 0.717) is 44.1 Å². The first-order valence-corrected chi connectivity index (χ1v) is 24.4. The van der Waals surface area contributed by atoms with E-state index in [0.717, 1.165) is 28.7 Å². The van der Waals surface area contributed by atoms with Crippen molar-refractivity contribution in [3.8, 4) is 0 Å². The zero-order chi connectivity index (χ0) is 52.5. The number of carbonyl (C=O) groups excluding carboxylic acids is 5. The predicted octanol–water partition coefficient (Wildman–Crippen LogP) is 6.32. The Bertz CT molecular complexity index is 2180. The Morgan fingerprint density at radius 3 is 2.14 bits per heavy atom. The van der Waals surface area contributed by atoms with Gasteiger partial charge in [0, 0.05) is 64.2 Å². The van der Waals surface area contributed by atoms with Crippen LogP contribution >= 0.6 is 0 Å². The van der Waals surface area contributed by atoms with Crippen molar-refractivity contribution in [1.29, 1.82) is 0 Å². The van der Waals surface area contributed by atoms with Crippen molar-refractivity contribution < 1.29 is 72.5 Å². The lowest BCUT2D eigenvalue weighted by atomic mass is 9.81. The van der Waals surface area contributed by atoms with Crippen molar-refractivity contribution in [2.24, 2.45) is 29.6 Å². The molecule has 3 heterocycles. The summed E-state index contributed by atoms with van der Waals surface area (Å²) >= 11 is 0. The second-order valence-corrected chi connectivity index (χ2v) is 19.9. The summed E-state index contributed by atoms with van der Waals surface area (Å²) < 4.78 is 35.7. The Hall–Kier alpha value is -5.25. The Balaban J connectivity index is 1.48. The molecule has 71 heavy (non-hydrogen) atoms. The van der Waals surface area contributed by atoms with E-state index in [-0.39, 0.29) is 61.8 Å². The highest BCUT2D eigenvalue weighted by atomic mass is 16.7. The van der Waals surface area contributed by atoms with Gasteiger partial charge in [-0.15, -0.1) is 6.58 Å². The number of hydrogen-bond donors (Lipinski definition) is 2. The number of esters is 2. The molecule has 0 spiro atoms. The third-order valence-electron chi connectivity index (χ3n) is 14.7. The number of allylic oxidation sites excluding steroid dienone is 4. The van der Waals surface area contributed by atoms with Gasteiger partial charge in [-0.2, -0.15) is 0 Å². The van der Waals surface area contributed by atoms with Crippen LogP contribution in [0.3, 0.4) is 0 Å². The van der Waals surface area contributed by atoms with Crippen LogP contribution in [0.25, 0.3) is 0 Å². The van der Waals surface area contributed by atoms with Crippen LogP contribution in [0.5, 0.6) is 0 Å². The van der Waals surface area contributed by atoms with E-state index in [2.05, 4.69) is 6.58 Å². The number of aliphatic hydroxyl groups is 2. The fourth-order valence-electron chi connectivity index (χ4n) is 10.7. The number of rotatable bonds is 11. The van der Waals surface area contributed by atoms with Gasteiger partial charge >= 0.3 is 11.9 Å². The van der Waals surface area contributed by atoms with Gasteiger partial charge in [-0.05, 0) is 95.5 Å². The number of Topliss-reactive ketones (excluding diaryl/α,β-unsaturated/α-hetero) is 2. The van der Waals surface area contributed by atoms with Crippen LogP contribution in [0.4, 0.5) is 11.4 Å². The summed E-state index contributed by atoms with van der Waals surface area (Å²) in [5.74, 6) is -9.81. The highest BCUT2D eigenvalue weighted by molar-refractivity contribution is 6.39. The smallest absolute Gasteiger partial charge is 0.339 e. The van der Waals surface area contributed by atoms with Crippen molar-refractivity contribution in [2.45, 2.75) is 160 Å². The lowest BCUT2D eigenvalue weighted by molar-refractivity contribution is -0.394. The largest absolute Gasteiger partial charge is 0.456 e. The molecule has 5 rings (SSSR count). The number of fused-ring (bicyclic) bond motifs is 3. The van der Waals surface area contributed by atoms with Gasteiger partial charge in [-0.3, -0.25) is 34.6 Å². The summed E-state index contributed by atoms with van der Waals surface area (Å²) in [6, 6.07) is 1.28. The van der Waals surface area contributed by atoms with Gasteiger partial charge in [0.05, 0.1) is 45.9 Å². The lowest BCUT2D eigenvalue weighted by Gasteiger charge is -2.47. The number of carbonyl (C=O) groups is 5. The molecular formula is C51H71N3O17. The summed E-state index contributed by atoms with van der Waals surface area (Å²) in [5, 5.41) is 46.9. The van der Waals surface area contributed by atoms with E-state index >= 15 is 0 Å². The average Bonchev–Trinajstić information content (AvgIpc) is 3.34. The molecule has 20 heteroatoms. The number of methoxy groups -OCH3 is 3. The van der Waals surface area contributed by atoms with E-state index in [1.165, 1.54) is 21.3 Å². The number of ketones is 2. The van der Waals surface area contributed by atoms with E-state index in [1.807, 2.05) is 26.0 Å². The summed E-state index contributed by atoms with van der Waals surface area (Å²) in [5.41, 5.74) is -0.286. The summed E-state index contributed by atoms with van der Waals surface area (Å²) in [4.78, 5) is 93.0. The third-order valence-corrected chi connectivity index (χ3v) is 14.7. The molecule has 0 aromatic heterocycles. The molecule has 3 aliphatic heterocycles. The first kappa shape index (κ1) is 56.7. The maximum atomic E-state index is 14.6. The number of hydrogen-bond acceptors (Lipinski definition) is 17.